The molecule has 4 nitrogen and oxygen atoms in total. The van der Waals surface area contributed by atoms with Crippen LogP contribution < -0.4 is 5.73 Å². The normalized spacial score (nSPS) is 22.8. The van der Waals surface area contributed by atoms with Crippen molar-refractivity contribution in [3.05, 3.63) is 29.8 Å². The first-order valence-corrected chi connectivity index (χ1v) is 6.05. The molecule has 1 aromatic rings. The lowest BCUT2D eigenvalue weighted by Crippen LogP contribution is -2.27. The molecule has 2 rings (SSSR count). The van der Waals surface area contributed by atoms with Gasteiger partial charge in [0, 0.05) is 25.4 Å². The highest BCUT2D eigenvalue weighted by Gasteiger charge is 2.23. The van der Waals surface area contributed by atoms with Gasteiger partial charge in [-0.05, 0) is 36.6 Å². The molecule has 2 atom stereocenters. The summed E-state index contributed by atoms with van der Waals surface area (Å²) in [6, 6.07) is 7.37. The van der Waals surface area contributed by atoms with Crippen LogP contribution in [-0.2, 0) is 0 Å². The van der Waals surface area contributed by atoms with Gasteiger partial charge in [0.1, 0.15) is 0 Å². The smallest absolute Gasteiger partial charge is 0.0917 e. The number of hydrogen-bond donors (Lipinski definition) is 3. The second-order valence-corrected chi connectivity index (χ2v) is 4.78. The maximum absolute atomic E-state index is 10.1. The first-order chi connectivity index (χ1) is 8.19. The van der Waals surface area contributed by atoms with Crippen molar-refractivity contribution in [2.45, 2.75) is 12.5 Å². The van der Waals surface area contributed by atoms with E-state index in [-0.39, 0.29) is 6.61 Å². The van der Waals surface area contributed by atoms with E-state index in [1.165, 1.54) is 0 Å². The van der Waals surface area contributed by atoms with E-state index >= 15 is 0 Å². The van der Waals surface area contributed by atoms with Gasteiger partial charge in [0.15, 0.2) is 0 Å². The summed E-state index contributed by atoms with van der Waals surface area (Å²) < 4.78 is 0. The molecule has 4 N–H and O–H groups in total. The topological polar surface area (TPSA) is 69.7 Å². The van der Waals surface area contributed by atoms with Crippen molar-refractivity contribution in [3.8, 4) is 0 Å². The number of nitrogen functional groups attached to an aromatic ring is 1. The average molecular weight is 236 g/mol. The van der Waals surface area contributed by atoms with Crippen LogP contribution in [0.2, 0.25) is 0 Å². The van der Waals surface area contributed by atoms with Crippen molar-refractivity contribution in [1.29, 1.82) is 0 Å². The van der Waals surface area contributed by atoms with Crippen molar-refractivity contribution in [2.75, 3.05) is 32.0 Å². The number of likely N-dealkylation sites (tertiary alicyclic amines) is 1. The molecule has 0 aromatic heterocycles. The van der Waals surface area contributed by atoms with E-state index in [2.05, 4.69) is 4.90 Å². The molecule has 2 unspecified atom stereocenters. The van der Waals surface area contributed by atoms with Crippen molar-refractivity contribution in [3.63, 3.8) is 0 Å². The van der Waals surface area contributed by atoms with Gasteiger partial charge in [0.05, 0.1) is 6.10 Å². The lowest BCUT2D eigenvalue weighted by Gasteiger charge is -2.20. The number of nitrogens with two attached hydrogens (primary N) is 1. The van der Waals surface area contributed by atoms with E-state index in [0.29, 0.717) is 18.2 Å². The summed E-state index contributed by atoms with van der Waals surface area (Å²) in [5, 5.41) is 19.2. The number of aliphatic hydroxyl groups excluding tert-OH is 2. The zero-order valence-electron chi connectivity index (χ0n) is 9.92. The highest BCUT2D eigenvalue weighted by molar-refractivity contribution is 5.41. The standard InChI is InChI=1S/C13H20N2O2/c14-12-3-1-2-11(6-12)13(17)8-15-5-4-10(7-15)9-16/h1-3,6,10,13,16-17H,4-5,7-9,14H2. The van der Waals surface area contributed by atoms with Gasteiger partial charge >= 0.3 is 0 Å². The number of anilines is 1. The van der Waals surface area contributed by atoms with Crippen molar-refractivity contribution in [2.24, 2.45) is 5.92 Å². The predicted octanol–water partition coefficient (Wildman–Crippen LogP) is 0.616. The Morgan fingerprint density at radius 3 is 2.94 bits per heavy atom. The quantitative estimate of drug-likeness (QED) is 0.670. The Kier molecular flexibility index (Phi) is 3.99. The SMILES string of the molecule is Nc1cccc(C(O)CN2CCC(CO)C2)c1. The fourth-order valence-corrected chi connectivity index (χ4v) is 2.34. The van der Waals surface area contributed by atoms with Crippen LogP contribution in [0.15, 0.2) is 24.3 Å². The van der Waals surface area contributed by atoms with Gasteiger partial charge in [-0.3, -0.25) is 0 Å². The van der Waals surface area contributed by atoms with E-state index in [1.54, 1.807) is 0 Å². The fraction of sp³-hybridized carbons (Fsp3) is 0.538. The van der Waals surface area contributed by atoms with Crippen LogP contribution in [0, 0.1) is 5.92 Å². The molecule has 17 heavy (non-hydrogen) atoms. The molecule has 94 valence electrons. The van der Waals surface area contributed by atoms with Crippen molar-refractivity contribution in [1.82, 2.24) is 4.90 Å². The van der Waals surface area contributed by atoms with E-state index in [0.717, 1.165) is 25.1 Å². The molecule has 1 saturated heterocycles. The average Bonchev–Trinajstić information content (AvgIpc) is 2.77. The monoisotopic (exact) mass is 236 g/mol. The Bertz CT molecular complexity index is 370. The Hall–Kier alpha value is -1.10. The van der Waals surface area contributed by atoms with Crippen molar-refractivity contribution < 1.29 is 10.2 Å². The largest absolute Gasteiger partial charge is 0.399 e. The highest BCUT2D eigenvalue weighted by atomic mass is 16.3. The molecule has 0 aliphatic carbocycles. The van der Waals surface area contributed by atoms with Gasteiger partial charge in [0.2, 0.25) is 0 Å². The first kappa shape index (κ1) is 12.4. The minimum absolute atomic E-state index is 0.241. The zero-order chi connectivity index (χ0) is 12.3. The predicted molar refractivity (Wildman–Crippen MR) is 67.4 cm³/mol. The minimum Gasteiger partial charge on any atom is -0.399 e. The summed E-state index contributed by atoms with van der Waals surface area (Å²) in [6.45, 7) is 2.67. The van der Waals surface area contributed by atoms with Crippen LogP contribution in [0.5, 0.6) is 0 Å². The number of benzene rings is 1. The summed E-state index contributed by atoms with van der Waals surface area (Å²) >= 11 is 0. The van der Waals surface area contributed by atoms with Crippen LogP contribution in [-0.4, -0.2) is 41.4 Å². The molecule has 0 bridgehead atoms. The molecular weight excluding hydrogens is 216 g/mol. The summed E-state index contributed by atoms with van der Waals surface area (Å²) in [5.41, 5.74) is 7.23. The lowest BCUT2D eigenvalue weighted by molar-refractivity contribution is 0.121. The number of β-amino-alcohol motifs (C(OH)–C–C–N with tert-alkyl or cyclic N) is 1. The molecule has 1 aliphatic heterocycles. The fourth-order valence-electron chi connectivity index (χ4n) is 2.34. The molecule has 0 saturated carbocycles. The summed E-state index contributed by atoms with van der Waals surface area (Å²) in [7, 11) is 0. The van der Waals surface area contributed by atoms with Crippen LogP contribution in [0.1, 0.15) is 18.1 Å². The third-order valence-electron chi connectivity index (χ3n) is 3.35. The van der Waals surface area contributed by atoms with E-state index < -0.39 is 6.10 Å². The Morgan fingerprint density at radius 2 is 2.29 bits per heavy atom. The summed E-state index contributed by atoms with van der Waals surface area (Å²) in [4.78, 5) is 2.19. The maximum Gasteiger partial charge on any atom is 0.0917 e. The second-order valence-electron chi connectivity index (χ2n) is 4.78. The molecule has 1 aliphatic rings. The van der Waals surface area contributed by atoms with Crippen LogP contribution >= 0.6 is 0 Å². The number of rotatable bonds is 4. The van der Waals surface area contributed by atoms with E-state index in [1.807, 2.05) is 24.3 Å². The van der Waals surface area contributed by atoms with Crippen LogP contribution in [0.4, 0.5) is 5.69 Å². The van der Waals surface area contributed by atoms with Gasteiger partial charge < -0.3 is 20.8 Å². The number of nitrogens with zero attached hydrogens (tertiary/aromatic N) is 1. The molecule has 4 heteroatoms. The third kappa shape index (κ3) is 3.19. The van der Waals surface area contributed by atoms with E-state index in [4.69, 9.17) is 10.8 Å². The summed E-state index contributed by atoms with van der Waals surface area (Å²) in [6.07, 6.45) is 0.510. The van der Waals surface area contributed by atoms with E-state index in [9.17, 15) is 5.11 Å². The van der Waals surface area contributed by atoms with Crippen LogP contribution in [0.25, 0.3) is 0 Å². The molecule has 0 radical (unpaired) electrons. The Labute approximate surface area is 102 Å². The highest BCUT2D eigenvalue weighted by Crippen LogP contribution is 2.21. The molecular formula is C13H20N2O2. The third-order valence-corrected chi connectivity index (χ3v) is 3.35. The zero-order valence-corrected chi connectivity index (χ0v) is 9.92. The minimum atomic E-state index is -0.504. The second kappa shape index (κ2) is 5.49. The molecule has 0 spiro atoms. The lowest BCUT2D eigenvalue weighted by atomic mass is 10.1. The van der Waals surface area contributed by atoms with Gasteiger partial charge in [-0.1, -0.05) is 12.1 Å². The molecule has 1 fully saturated rings. The van der Waals surface area contributed by atoms with Crippen molar-refractivity contribution >= 4 is 5.69 Å². The molecule has 1 heterocycles. The number of hydrogen-bond acceptors (Lipinski definition) is 4. The van der Waals surface area contributed by atoms with Gasteiger partial charge in [-0.25, -0.2) is 0 Å². The maximum atomic E-state index is 10.1. The number of aliphatic hydroxyl groups is 2. The Balaban J connectivity index is 1.91. The summed E-state index contributed by atoms with van der Waals surface area (Å²) in [5.74, 6) is 0.364. The first-order valence-electron chi connectivity index (χ1n) is 6.05. The van der Waals surface area contributed by atoms with Gasteiger partial charge in [0.25, 0.3) is 0 Å². The Morgan fingerprint density at radius 1 is 1.47 bits per heavy atom. The van der Waals surface area contributed by atoms with Gasteiger partial charge in [-0.15, -0.1) is 0 Å². The van der Waals surface area contributed by atoms with Gasteiger partial charge in [-0.2, -0.15) is 0 Å². The van der Waals surface area contributed by atoms with Crippen LogP contribution in [0.3, 0.4) is 0 Å². The molecule has 0 amide bonds. The molecule has 1 aromatic carbocycles.